The summed E-state index contributed by atoms with van der Waals surface area (Å²) in [5, 5.41) is 0. The summed E-state index contributed by atoms with van der Waals surface area (Å²) < 4.78 is 0. The summed E-state index contributed by atoms with van der Waals surface area (Å²) in [5.74, 6) is 0.341. The lowest BCUT2D eigenvalue weighted by molar-refractivity contribution is 0.0988. The van der Waals surface area contributed by atoms with Crippen LogP contribution >= 0.6 is 0 Å². The highest BCUT2D eigenvalue weighted by Crippen LogP contribution is 2.17. The molecule has 2 aromatic rings. The summed E-state index contributed by atoms with van der Waals surface area (Å²) in [4.78, 5) is 18.1. The third-order valence-electron chi connectivity index (χ3n) is 2.94. The van der Waals surface area contributed by atoms with Crippen LogP contribution in [0.4, 0.5) is 11.5 Å². The fourth-order valence-corrected chi connectivity index (χ4v) is 1.86. The number of carbonyl (C=O) groups excluding carboxylic acids is 1. The Bertz CT molecular complexity index is 561. The molecule has 0 saturated heterocycles. The van der Waals surface area contributed by atoms with Gasteiger partial charge in [0.2, 0.25) is 0 Å². The van der Waals surface area contributed by atoms with E-state index in [0.717, 1.165) is 5.69 Å². The van der Waals surface area contributed by atoms with E-state index < -0.39 is 0 Å². The molecule has 0 bridgehead atoms. The molecular weight excluding hydrogens is 238 g/mol. The van der Waals surface area contributed by atoms with E-state index in [1.807, 2.05) is 38.1 Å². The van der Waals surface area contributed by atoms with E-state index in [2.05, 4.69) is 4.98 Å². The Morgan fingerprint density at radius 2 is 1.89 bits per heavy atom. The summed E-state index contributed by atoms with van der Waals surface area (Å²) in [6.07, 6.45) is 1.51. The molecule has 1 heterocycles. The van der Waals surface area contributed by atoms with Gasteiger partial charge in [-0.1, -0.05) is 17.7 Å². The molecule has 98 valence electrons. The van der Waals surface area contributed by atoms with Crippen LogP contribution in [0.15, 0.2) is 42.6 Å². The fourth-order valence-electron chi connectivity index (χ4n) is 1.86. The smallest absolute Gasteiger partial charge is 0.259 e. The maximum atomic E-state index is 12.4. The molecule has 2 rings (SSSR count). The zero-order valence-corrected chi connectivity index (χ0v) is 11.1. The second-order valence-corrected chi connectivity index (χ2v) is 4.36. The molecule has 0 unspecified atom stereocenters. The maximum Gasteiger partial charge on any atom is 0.259 e. The number of hydrogen-bond donors (Lipinski definition) is 1. The minimum absolute atomic E-state index is 0.0705. The van der Waals surface area contributed by atoms with Crippen molar-refractivity contribution in [2.45, 2.75) is 13.8 Å². The van der Waals surface area contributed by atoms with Gasteiger partial charge in [-0.05, 0) is 38.1 Å². The Hall–Kier alpha value is -2.36. The molecule has 0 fully saturated rings. The van der Waals surface area contributed by atoms with E-state index >= 15 is 0 Å². The number of nitrogens with two attached hydrogens (primary N) is 1. The van der Waals surface area contributed by atoms with Gasteiger partial charge in [-0.25, -0.2) is 4.98 Å². The standard InChI is InChI=1S/C15H17N3O/c1-3-18(13-7-4-11(2)5-8-13)15(19)12-6-9-14(16)17-10-12/h4-10H,3H2,1-2H3,(H2,16,17). The number of nitrogen functional groups attached to an aromatic ring is 1. The molecule has 1 aromatic carbocycles. The Labute approximate surface area is 112 Å². The van der Waals surface area contributed by atoms with E-state index in [9.17, 15) is 4.79 Å². The third-order valence-corrected chi connectivity index (χ3v) is 2.94. The average Bonchev–Trinajstić information content (AvgIpc) is 2.42. The summed E-state index contributed by atoms with van der Waals surface area (Å²) in [6.45, 7) is 4.57. The van der Waals surface area contributed by atoms with Crippen LogP contribution in [0.5, 0.6) is 0 Å². The van der Waals surface area contributed by atoms with Crippen LogP contribution < -0.4 is 10.6 Å². The number of benzene rings is 1. The van der Waals surface area contributed by atoms with Crippen LogP contribution in [0, 0.1) is 6.92 Å². The molecule has 0 atom stereocenters. The van der Waals surface area contributed by atoms with E-state index in [0.29, 0.717) is 17.9 Å². The highest BCUT2D eigenvalue weighted by Gasteiger charge is 2.16. The largest absolute Gasteiger partial charge is 0.384 e. The molecule has 4 heteroatoms. The van der Waals surface area contributed by atoms with Gasteiger partial charge in [0.05, 0.1) is 5.56 Å². The summed E-state index contributed by atoms with van der Waals surface area (Å²) in [5.41, 5.74) is 8.12. The Morgan fingerprint density at radius 3 is 2.42 bits per heavy atom. The van der Waals surface area contributed by atoms with Crippen LogP contribution in [0.25, 0.3) is 0 Å². The van der Waals surface area contributed by atoms with E-state index in [1.165, 1.54) is 11.8 Å². The van der Waals surface area contributed by atoms with Gasteiger partial charge in [-0.2, -0.15) is 0 Å². The van der Waals surface area contributed by atoms with Gasteiger partial charge >= 0.3 is 0 Å². The number of amides is 1. The van der Waals surface area contributed by atoms with Crippen molar-refractivity contribution >= 4 is 17.4 Å². The molecule has 1 amide bonds. The lowest BCUT2D eigenvalue weighted by Crippen LogP contribution is -2.30. The average molecular weight is 255 g/mol. The number of aryl methyl sites for hydroxylation is 1. The number of pyridine rings is 1. The van der Waals surface area contributed by atoms with Crippen LogP contribution in [-0.2, 0) is 0 Å². The molecule has 0 spiro atoms. The highest BCUT2D eigenvalue weighted by molar-refractivity contribution is 6.05. The van der Waals surface area contributed by atoms with Crippen molar-refractivity contribution in [2.75, 3.05) is 17.2 Å². The molecule has 19 heavy (non-hydrogen) atoms. The number of aromatic nitrogens is 1. The van der Waals surface area contributed by atoms with Crippen molar-refractivity contribution in [3.05, 3.63) is 53.7 Å². The number of nitrogens with zero attached hydrogens (tertiary/aromatic N) is 2. The van der Waals surface area contributed by atoms with Gasteiger partial charge in [0.1, 0.15) is 5.82 Å². The zero-order valence-electron chi connectivity index (χ0n) is 11.1. The number of anilines is 2. The molecule has 2 N–H and O–H groups in total. The van der Waals surface area contributed by atoms with Gasteiger partial charge in [-0.15, -0.1) is 0 Å². The molecule has 0 radical (unpaired) electrons. The van der Waals surface area contributed by atoms with Gasteiger partial charge in [-0.3, -0.25) is 4.79 Å². The Balaban J connectivity index is 2.29. The molecular formula is C15H17N3O. The van der Waals surface area contributed by atoms with Gasteiger partial charge < -0.3 is 10.6 Å². The van der Waals surface area contributed by atoms with Crippen molar-refractivity contribution in [2.24, 2.45) is 0 Å². The van der Waals surface area contributed by atoms with Crippen LogP contribution in [-0.4, -0.2) is 17.4 Å². The predicted octanol–water partition coefficient (Wildman–Crippen LogP) is 2.64. The van der Waals surface area contributed by atoms with Crippen molar-refractivity contribution in [1.82, 2.24) is 4.98 Å². The van der Waals surface area contributed by atoms with Crippen molar-refractivity contribution < 1.29 is 4.79 Å². The first kappa shape index (κ1) is 13.1. The minimum atomic E-state index is -0.0705. The Kier molecular flexibility index (Phi) is 3.80. The normalized spacial score (nSPS) is 10.2. The van der Waals surface area contributed by atoms with Crippen molar-refractivity contribution in [3.63, 3.8) is 0 Å². The van der Waals surface area contributed by atoms with Crippen LogP contribution in [0.1, 0.15) is 22.8 Å². The molecule has 0 aliphatic rings. The van der Waals surface area contributed by atoms with E-state index in [4.69, 9.17) is 5.73 Å². The predicted molar refractivity (Wildman–Crippen MR) is 77.2 cm³/mol. The maximum absolute atomic E-state index is 12.4. The molecule has 0 saturated carbocycles. The fraction of sp³-hybridized carbons (Fsp3) is 0.200. The van der Waals surface area contributed by atoms with Gasteiger partial charge in [0.25, 0.3) is 5.91 Å². The third kappa shape index (κ3) is 2.91. The van der Waals surface area contributed by atoms with Gasteiger partial charge in [0.15, 0.2) is 0 Å². The topological polar surface area (TPSA) is 59.2 Å². The second-order valence-electron chi connectivity index (χ2n) is 4.36. The lowest BCUT2D eigenvalue weighted by atomic mass is 10.2. The van der Waals surface area contributed by atoms with Gasteiger partial charge in [0, 0.05) is 18.4 Å². The minimum Gasteiger partial charge on any atom is -0.384 e. The lowest BCUT2D eigenvalue weighted by Gasteiger charge is -2.21. The van der Waals surface area contributed by atoms with Crippen molar-refractivity contribution in [3.8, 4) is 0 Å². The number of carbonyl (C=O) groups is 1. The zero-order chi connectivity index (χ0) is 13.8. The van der Waals surface area contributed by atoms with Crippen molar-refractivity contribution in [1.29, 1.82) is 0 Å². The summed E-state index contributed by atoms with van der Waals surface area (Å²) in [6, 6.07) is 11.2. The SMILES string of the molecule is CCN(C(=O)c1ccc(N)nc1)c1ccc(C)cc1. The molecule has 0 aliphatic carbocycles. The van der Waals surface area contributed by atoms with E-state index in [-0.39, 0.29) is 5.91 Å². The monoisotopic (exact) mass is 255 g/mol. The van der Waals surface area contributed by atoms with Crippen LogP contribution in [0.2, 0.25) is 0 Å². The second kappa shape index (κ2) is 5.52. The molecule has 4 nitrogen and oxygen atoms in total. The highest BCUT2D eigenvalue weighted by atomic mass is 16.2. The molecule has 0 aliphatic heterocycles. The first-order chi connectivity index (χ1) is 9.11. The number of hydrogen-bond acceptors (Lipinski definition) is 3. The van der Waals surface area contributed by atoms with Crippen LogP contribution in [0.3, 0.4) is 0 Å². The Morgan fingerprint density at radius 1 is 1.21 bits per heavy atom. The number of rotatable bonds is 3. The summed E-state index contributed by atoms with van der Waals surface area (Å²) >= 11 is 0. The quantitative estimate of drug-likeness (QED) is 0.917. The molecule has 1 aromatic heterocycles. The van der Waals surface area contributed by atoms with E-state index in [1.54, 1.807) is 17.0 Å². The summed E-state index contributed by atoms with van der Waals surface area (Å²) in [7, 11) is 0. The first-order valence-corrected chi connectivity index (χ1v) is 6.22. The first-order valence-electron chi connectivity index (χ1n) is 6.22.